The fourth-order valence-electron chi connectivity index (χ4n) is 4.06. The quantitative estimate of drug-likeness (QED) is 0.563. The van der Waals surface area contributed by atoms with E-state index >= 15 is 0 Å². The minimum atomic E-state index is -3.85. The monoisotopic (exact) mass is 475 g/mol. The van der Waals surface area contributed by atoms with E-state index in [0.717, 1.165) is 16.5 Å². The van der Waals surface area contributed by atoms with E-state index < -0.39 is 16.6 Å². The summed E-state index contributed by atoms with van der Waals surface area (Å²) in [4.78, 5) is 19.3. The first kappa shape index (κ1) is 23.1. The number of rotatable bonds is 5. The van der Waals surface area contributed by atoms with Gasteiger partial charge < -0.3 is 9.64 Å². The number of alkyl halides is 2. The van der Waals surface area contributed by atoms with Crippen molar-refractivity contribution in [2.75, 3.05) is 19.6 Å². The number of sulfonamides is 1. The van der Waals surface area contributed by atoms with Crippen LogP contribution in [0.25, 0.3) is 10.9 Å². The van der Waals surface area contributed by atoms with Gasteiger partial charge in [-0.15, -0.1) is 0 Å². The molecule has 0 aliphatic carbocycles. The number of nitrogens with zero attached hydrogens (tertiary/aromatic N) is 3. The van der Waals surface area contributed by atoms with Crippen molar-refractivity contribution in [2.45, 2.75) is 31.4 Å². The Balaban J connectivity index is 1.50. The average molecular weight is 476 g/mol. The first-order valence-electron chi connectivity index (χ1n) is 10.4. The zero-order valence-electron chi connectivity index (χ0n) is 18.1. The largest absolute Gasteiger partial charge is 0.435 e. The van der Waals surface area contributed by atoms with Gasteiger partial charge in [0.25, 0.3) is 5.91 Å². The van der Waals surface area contributed by atoms with Crippen LogP contribution >= 0.6 is 0 Å². The summed E-state index contributed by atoms with van der Waals surface area (Å²) in [5.41, 5.74) is 2.09. The maximum absolute atomic E-state index is 13.3. The van der Waals surface area contributed by atoms with Crippen molar-refractivity contribution < 1.29 is 26.7 Å². The predicted octanol–water partition coefficient (Wildman–Crippen LogP) is 3.68. The zero-order valence-corrected chi connectivity index (χ0v) is 18.9. The molecule has 3 aromatic rings. The molecule has 1 amide bonds. The second kappa shape index (κ2) is 9.03. The van der Waals surface area contributed by atoms with Gasteiger partial charge in [-0.05, 0) is 55.8 Å². The molecular weight excluding hydrogens is 452 g/mol. The molecule has 1 aromatic heterocycles. The van der Waals surface area contributed by atoms with E-state index in [0.29, 0.717) is 5.56 Å². The molecule has 1 atom stereocenters. The Morgan fingerprint density at radius 2 is 1.85 bits per heavy atom. The summed E-state index contributed by atoms with van der Waals surface area (Å²) in [6.07, 6.45) is 1.68. The fourth-order valence-corrected chi connectivity index (χ4v) is 5.58. The lowest BCUT2D eigenvalue weighted by molar-refractivity contribution is -0.0498. The summed E-state index contributed by atoms with van der Waals surface area (Å²) >= 11 is 0. The summed E-state index contributed by atoms with van der Waals surface area (Å²) in [5, 5.41) is 0.945. The van der Waals surface area contributed by atoms with Gasteiger partial charge in [0, 0.05) is 42.8 Å². The molecule has 2 aromatic carbocycles. The predicted molar refractivity (Wildman–Crippen MR) is 119 cm³/mol. The number of benzene rings is 2. The van der Waals surface area contributed by atoms with Gasteiger partial charge in [-0.2, -0.15) is 13.1 Å². The Kier molecular flexibility index (Phi) is 6.31. The highest BCUT2D eigenvalue weighted by molar-refractivity contribution is 7.89. The molecule has 4 rings (SSSR count). The lowest BCUT2D eigenvalue weighted by Crippen LogP contribution is -2.55. The number of aromatic nitrogens is 1. The molecule has 10 heteroatoms. The van der Waals surface area contributed by atoms with E-state index in [1.165, 1.54) is 28.6 Å². The second-order valence-electron chi connectivity index (χ2n) is 7.87. The minimum absolute atomic E-state index is 0.0208. The van der Waals surface area contributed by atoms with Crippen molar-refractivity contribution in [1.82, 2.24) is 14.2 Å². The van der Waals surface area contributed by atoms with Crippen LogP contribution in [-0.4, -0.2) is 60.8 Å². The number of aryl methyl sites for hydroxylation is 1. The number of ether oxygens (including phenoxy) is 1. The van der Waals surface area contributed by atoms with Crippen molar-refractivity contribution in [3.05, 3.63) is 65.9 Å². The molecule has 2 heterocycles. The van der Waals surface area contributed by atoms with Crippen LogP contribution in [0.15, 0.2) is 59.6 Å². The summed E-state index contributed by atoms with van der Waals surface area (Å²) in [6.45, 7) is 1.14. The Labute approximate surface area is 190 Å². The molecule has 1 aliphatic heterocycles. The maximum atomic E-state index is 13.3. The summed E-state index contributed by atoms with van der Waals surface area (Å²) in [7, 11) is -3.85. The van der Waals surface area contributed by atoms with E-state index in [-0.39, 0.29) is 42.2 Å². The van der Waals surface area contributed by atoms with Crippen molar-refractivity contribution in [1.29, 1.82) is 0 Å². The molecule has 1 unspecified atom stereocenters. The topological polar surface area (TPSA) is 79.8 Å². The molecule has 7 nitrogen and oxygen atoms in total. The number of fused-ring (bicyclic) bond motifs is 1. The van der Waals surface area contributed by atoms with E-state index in [9.17, 15) is 22.0 Å². The van der Waals surface area contributed by atoms with Crippen molar-refractivity contribution >= 4 is 26.8 Å². The lowest BCUT2D eigenvalue weighted by atomic mass is 10.0. The highest BCUT2D eigenvalue weighted by Gasteiger charge is 2.35. The number of hydrogen-bond donors (Lipinski definition) is 0. The van der Waals surface area contributed by atoms with Gasteiger partial charge >= 0.3 is 6.61 Å². The van der Waals surface area contributed by atoms with Crippen LogP contribution in [0.4, 0.5) is 8.78 Å². The number of hydrogen-bond acceptors (Lipinski definition) is 5. The van der Waals surface area contributed by atoms with Crippen LogP contribution in [0.3, 0.4) is 0 Å². The van der Waals surface area contributed by atoms with Crippen LogP contribution < -0.4 is 4.74 Å². The molecule has 0 N–H and O–H groups in total. The first-order chi connectivity index (χ1) is 15.7. The molecule has 1 aliphatic rings. The molecule has 0 saturated carbocycles. The number of piperazine rings is 1. The normalized spacial score (nSPS) is 17.5. The van der Waals surface area contributed by atoms with Crippen LogP contribution in [0.1, 0.15) is 22.8 Å². The highest BCUT2D eigenvalue weighted by Crippen LogP contribution is 2.26. The molecule has 0 bridgehead atoms. The molecule has 0 radical (unpaired) electrons. The first-order valence-corrected chi connectivity index (χ1v) is 11.8. The van der Waals surface area contributed by atoms with E-state index in [2.05, 4.69) is 9.72 Å². The Hall–Kier alpha value is -3.11. The van der Waals surface area contributed by atoms with Gasteiger partial charge in [0.15, 0.2) is 0 Å². The van der Waals surface area contributed by atoms with Gasteiger partial charge in [0.1, 0.15) is 5.75 Å². The molecule has 1 saturated heterocycles. The standard InChI is InChI=1S/C23H23F2N3O4S/c1-15-14-27(33(30,31)19-8-6-18(7-9-19)32-23(24)25)12-13-28(15)22(29)20-10-5-17-4-3-11-26-21(17)16(20)2/h3-11,15,23H,12-14H2,1-2H3. The van der Waals surface area contributed by atoms with Crippen molar-refractivity contribution in [3.63, 3.8) is 0 Å². The van der Waals surface area contributed by atoms with E-state index in [4.69, 9.17) is 0 Å². The van der Waals surface area contributed by atoms with Gasteiger partial charge in [-0.1, -0.05) is 12.1 Å². The second-order valence-corrected chi connectivity index (χ2v) is 9.81. The number of amides is 1. The van der Waals surface area contributed by atoms with E-state index in [1.807, 2.05) is 25.1 Å². The third kappa shape index (κ3) is 4.53. The average Bonchev–Trinajstić information content (AvgIpc) is 2.79. The SMILES string of the molecule is Cc1c(C(=O)N2CCN(S(=O)(=O)c3ccc(OC(F)F)cc3)CC2C)ccc2cccnc12. The van der Waals surface area contributed by atoms with Crippen LogP contribution in [-0.2, 0) is 10.0 Å². The number of carbonyl (C=O) groups is 1. The summed E-state index contributed by atoms with van der Waals surface area (Å²) in [6, 6.07) is 11.9. The van der Waals surface area contributed by atoms with Gasteiger partial charge in [0.05, 0.1) is 10.4 Å². The van der Waals surface area contributed by atoms with Crippen LogP contribution in [0.5, 0.6) is 5.75 Å². The molecular formula is C23H23F2N3O4S. The fraction of sp³-hybridized carbons (Fsp3) is 0.304. The maximum Gasteiger partial charge on any atom is 0.387 e. The number of pyridine rings is 1. The van der Waals surface area contributed by atoms with Gasteiger partial charge in [-0.3, -0.25) is 9.78 Å². The third-order valence-electron chi connectivity index (χ3n) is 5.80. The highest BCUT2D eigenvalue weighted by atomic mass is 32.2. The minimum Gasteiger partial charge on any atom is -0.435 e. The molecule has 33 heavy (non-hydrogen) atoms. The van der Waals surface area contributed by atoms with Crippen molar-refractivity contribution in [3.8, 4) is 5.75 Å². The smallest absolute Gasteiger partial charge is 0.387 e. The van der Waals surface area contributed by atoms with Crippen LogP contribution in [0.2, 0.25) is 0 Å². The third-order valence-corrected chi connectivity index (χ3v) is 7.68. The molecule has 174 valence electrons. The molecule has 1 fully saturated rings. The number of carbonyl (C=O) groups excluding carboxylic acids is 1. The van der Waals surface area contributed by atoms with Gasteiger partial charge in [0.2, 0.25) is 10.0 Å². The lowest BCUT2D eigenvalue weighted by Gasteiger charge is -2.39. The summed E-state index contributed by atoms with van der Waals surface area (Å²) in [5.74, 6) is -0.286. The summed E-state index contributed by atoms with van der Waals surface area (Å²) < 4.78 is 56.3. The van der Waals surface area contributed by atoms with Gasteiger partial charge in [-0.25, -0.2) is 8.42 Å². The Morgan fingerprint density at radius 1 is 1.12 bits per heavy atom. The Morgan fingerprint density at radius 3 is 2.52 bits per heavy atom. The number of halogens is 2. The molecule has 0 spiro atoms. The van der Waals surface area contributed by atoms with Crippen molar-refractivity contribution in [2.24, 2.45) is 0 Å². The van der Waals surface area contributed by atoms with E-state index in [1.54, 1.807) is 24.1 Å². The van der Waals surface area contributed by atoms with Crippen LogP contribution in [0, 0.1) is 6.92 Å². The Bertz CT molecular complexity index is 1280. The zero-order chi connectivity index (χ0) is 23.8.